The highest BCUT2D eigenvalue weighted by atomic mass is 16.5. The number of ether oxygens (including phenoxy) is 1. The molecule has 1 saturated carbocycles. The van der Waals surface area contributed by atoms with E-state index in [1.54, 1.807) is 0 Å². The van der Waals surface area contributed by atoms with E-state index in [0.717, 1.165) is 35.2 Å². The minimum absolute atomic E-state index is 0.146. The van der Waals surface area contributed by atoms with Crippen LogP contribution in [0.15, 0.2) is 66.7 Å². The summed E-state index contributed by atoms with van der Waals surface area (Å²) in [5.41, 5.74) is 4.25. The molecular weight excluding hydrogens is 332 g/mol. The van der Waals surface area contributed by atoms with Crippen LogP contribution in [0, 0.1) is 11.3 Å². The van der Waals surface area contributed by atoms with Gasteiger partial charge in [0.15, 0.2) is 0 Å². The second kappa shape index (κ2) is 8.05. The topological polar surface area (TPSA) is 45.9 Å². The van der Waals surface area contributed by atoms with Crippen LogP contribution in [0.5, 0.6) is 5.88 Å². The summed E-state index contributed by atoms with van der Waals surface area (Å²) in [7, 11) is 0. The molecule has 1 aromatic heterocycles. The molecular formula is C24H22N2O. The van der Waals surface area contributed by atoms with Crippen molar-refractivity contribution in [3.05, 3.63) is 72.3 Å². The Morgan fingerprint density at radius 2 is 1.48 bits per heavy atom. The molecule has 3 nitrogen and oxygen atoms in total. The zero-order chi connectivity index (χ0) is 18.5. The predicted molar refractivity (Wildman–Crippen MR) is 107 cm³/mol. The Bertz CT molecular complexity index is 939. The van der Waals surface area contributed by atoms with Gasteiger partial charge in [0.2, 0.25) is 5.88 Å². The lowest BCUT2D eigenvalue weighted by molar-refractivity contribution is 0.148. The molecule has 4 rings (SSSR count). The van der Waals surface area contributed by atoms with Crippen LogP contribution in [0.1, 0.15) is 37.7 Å². The summed E-state index contributed by atoms with van der Waals surface area (Å²) in [6.07, 6.45) is 5.82. The van der Waals surface area contributed by atoms with Crippen molar-refractivity contribution in [2.45, 2.75) is 38.2 Å². The molecule has 134 valence electrons. The quantitative estimate of drug-likeness (QED) is 0.577. The first kappa shape index (κ1) is 17.3. The molecule has 27 heavy (non-hydrogen) atoms. The van der Waals surface area contributed by atoms with E-state index in [4.69, 9.17) is 9.72 Å². The molecule has 0 bridgehead atoms. The fourth-order valence-electron chi connectivity index (χ4n) is 3.66. The number of hydrogen-bond donors (Lipinski definition) is 0. The van der Waals surface area contributed by atoms with E-state index in [1.165, 1.54) is 19.3 Å². The fraction of sp³-hybridized carbons (Fsp3) is 0.250. The van der Waals surface area contributed by atoms with Gasteiger partial charge in [-0.2, -0.15) is 5.26 Å². The molecule has 0 radical (unpaired) electrons. The zero-order valence-corrected chi connectivity index (χ0v) is 15.3. The Kier molecular flexibility index (Phi) is 5.16. The highest BCUT2D eigenvalue weighted by Gasteiger charge is 2.21. The molecule has 0 amide bonds. The van der Waals surface area contributed by atoms with Crippen LogP contribution in [0.25, 0.3) is 22.4 Å². The maximum Gasteiger partial charge on any atom is 0.233 e. The molecule has 0 spiro atoms. The van der Waals surface area contributed by atoms with Gasteiger partial charge in [0.1, 0.15) is 17.7 Å². The monoisotopic (exact) mass is 354 g/mol. The SMILES string of the molecule is N#Cc1c(-c2ccccc2)cc(-c2ccccc2)nc1OC1CCCCC1. The van der Waals surface area contributed by atoms with Crippen molar-refractivity contribution >= 4 is 0 Å². The van der Waals surface area contributed by atoms with Crippen LogP contribution in [0.2, 0.25) is 0 Å². The molecule has 1 aliphatic rings. The molecule has 0 unspecified atom stereocenters. The Hall–Kier alpha value is -3.12. The van der Waals surface area contributed by atoms with Crippen LogP contribution in [-0.4, -0.2) is 11.1 Å². The van der Waals surface area contributed by atoms with Gasteiger partial charge in [0, 0.05) is 11.1 Å². The van der Waals surface area contributed by atoms with E-state index in [2.05, 4.69) is 6.07 Å². The van der Waals surface area contributed by atoms with E-state index in [-0.39, 0.29) is 6.10 Å². The van der Waals surface area contributed by atoms with E-state index >= 15 is 0 Å². The third-order valence-electron chi connectivity index (χ3n) is 5.08. The zero-order valence-electron chi connectivity index (χ0n) is 15.3. The fourth-order valence-corrected chi connectivity index (χ4v) is 3.66. The summed E-state index contributed by atoms with van der Waals surface area (Å²) in [5.74, 6) is 0.463. The first-order valence-corrected chi connectivity index (χ1v) is 9.58. The third kappa shape index (κ3) is 3.85. The van der Waals surface area contributed by atoms with Gasteiger partial charge in [-0.3, -0.25) is 0 Å². The number of nitrogens with zero attached hydrogens (tertiary/aromatic N) is 2. The summed E-state index contributed by atoms with van der Waals surface area (Å²) < 4.78 is 6.27. The van der Waals surface area contributed by atoms with Crippen molar-refractivity contribution in [3.63, 3.8) is 0 Å². The molecule has 1 heterocycles. The highest BCUT2D eigenvalue weighted by Crippen LogP contribution is 2.35. The van der Waals surface area contributed by atoms with E-state index in [0.29, 0.717) is 11.4 Å². The maximum absolute atomic E-state index is 9.88. The molecule has 1 aliphatic carbocycles. The van der Waals surface area contributed by atoms with Gasteiger partial charge in [0.25, 0.3) is 0 Å². The summed E-state index contributed by atoms with van der Waals surface area (Å²) in [5, 5.41) is 9.88. The standard InChI is InChI=1S/C24H22N2O/c25-17-22-21(18-10-4-1-5-11-18)16-23(19-12-6-2-7-13-19)26-24(22)27-20-14-8-3-9-15-20/h1-2,4-7,10-13,16,20H,3,8-9,14-15H2. The number of aromatic nitrogens is 1. The number of hydrogen-bond acceptors (Lipinski definition) is 3. The predicted octanol–water partition coefficient (Wildman–Crippen LogP) is 6.00. The highest BCUT2D eigenvalue weighted by molar-refractivity contribution is 5.77. The van der Waals surface area contributed by atoms with E-state index < -0.39 is 0 Å². The van der Waals surface area contributed by atoms with E-state index in [9.17, 15) is 5.26 Å². The van der Waals surface area contributed by atoms with Crippen molar-refractivity contribution in [1.29, 1.82) is 5.26 Å². The molecule has 3 aromatic rings. The Morgan fingerprint density at radius 1 is 0.852 bits per heavy atom. The van der Waals surface area contributed by atoms with Gasteiger partial charge in [0.05, 0.1) is 5.69 Å². The number of pyridine rings is 1. The lowest BCUT2D eigenvalue weighted by Gasteiger charge is -2.23. The normalized spacial score (nSPS) is 14.5. The van der Waals surface area contributed by atoms with Gasteiger partial charge < -0.3 is 4.74 Å². The second-order valence-corrected chi connectivity index (χ2v) is 6.96. The number of benzene rings is 2. The van der Waals surface area contributed by atoms with Crippen molar-refractivity contribution in [1.82, 2.24) is 4.98 Å². The van der Waals surface area contributed by atoms with Crippen molar-refractivity contribution < 1.29 is 4.74 Å². The van der Waals surface area contributed by atoms with Crippen LogP contribution >= 0.6 is 0 Å². The van der Waals surface area contributed by atoms with Gasteiger partial charge in [-0.15, -0.1) is 0 Å². The lowest BCUT2D eigenvalue weighted by Crippen LogP contribution is -2.21. The molecule has 0 saturated heterocycles. The van der Waals surface area contributed by atoms with Gasteiger partial charge in [-0.1, -0.05) is 67.1 Å². The van der Waals surface area contributed by atoms with Crippen LogP contribution in [0.3, 0.4) is 0 Å². The Labute approximate surface area is 160 Å². The first-order chi connectivity index (χ1) is 13.3. The average Bonchev–Trinajstić information content (AvgIpc) is 2.75. The minimum atomic E-state index is 0.146. The van der Waals surface area contributed by atoms with Crippen molar-refractivity contribution in [2.75, 3.05) is 0 Å². The summed E-state index contributed by atoms with van der Waals surface area (Å²) >= 11 is 0. The molecule has 3 heteroatoms. The second-order valence-electron chi connectivity index (χ2n) is 6.96. The Morgan fingerprint density at radius 3 is 2.11 bits per heavy atom. The van der Waals surface area contributed by atoms with Crippen molar-refractivity contribution in [3.8, 4) is 34.3 Å². The first-order valence-electron chi connectivity index (χ1n) is 9.58. The van der Waals surface area contributed by atoms with Gasteiger partial charge in [-0.25, -0.2) is 4.98 Å². The molecule has 0 N–H and O–H groups in total. The van der Waals surface area contributed by atoms with Crippen LogP contribution in [0.4, 0.5) is 0 Å². The minimum Gasteiger partial charge on any atom is -0.473 e. The molecule has 1 fully saturated rings. The third-order valence-corrected chi connectivity index (χ3v) is 5.08. The van der Waals surface area contributed by atoms with Gasteiger partial charge >= 0.3 is 0 Å². The average molecular weight is 354 g/mol. The smallest absolute Gasteiger partial charge is 0.233 e. The molecule has 0 atom stereocenters. The van der Waals surface area contributed by atoms with E-state index in [1.807, 2.05) is 66.7 Å². The molecule has 2 aromatic carbocycles. The van der Waals surface area contributed by atoms with Gasteiger partial charge in [-0.05, 0) is 37.3 Å². The van der Waals surface area contributed by atoms with Crippen LogP contribution < -0.4 is 4.74 Å². The summed E-state index contributed by atoms with van der Waals surface area (Å²) in [6, 6.07) is 24.4. The lowest BCUT2D eigenvalue weighted by atomic mass is 9.97. The van der Waals surface area contributed by atoms with Crippen molar-refractivity contribution in [2.24, 2.45) is 0 Å². The molecule has 0 aliphatic heterocycles. The van der Waals surface area contributed by atoms with Crippen LogP contribution in [-0.2, 0) is 0 Å². The number of rotatable bonds is 4. The maximum atomic E-state index is 9.88. The summed E-state index contributed by atoms with van der Waals surface area (Å²) in [6.45, 7) is 0. The largest absolute Gasteiger partial charge is 0.473 e. The summed E-state index contributed by atoms with van der Waals surface area (Å²) in [4.78, 5) is 4.75. The number of nitriles is 1. The Balaban J connectivity index is 1.84.